The molecule has 7 heteroatoms. The zero-order valence-corrected chi connectivity index (χ0v) is 19.0. The molecule has 5 nitrogen and oxygen atoms in total. The second-order valence-corrected chi connectivity index (χ2v) is 8.65. The number of benzene rings is 2. The van der Waals surface area contributed by atoms with Gasteiger partial charge in [-0.1, -0.05) is 35.9 Å². The summed E-state index contributed by atoms with van der Waals surface area (Å²) in [5, 5.41) is 0.697. The molecular formula is C26H23ClFN5. The highest BCUT2D eigenvalue weighted by atomic mass is 35.5. The molecule has 4 aromatic rings. The Balaban J connectivity index is 1.36. The number of fused-ring (bicyclic) bond motifs is 1. The van der Waals surface area contributed by atoms with Gasteiger partial charge < -0.3 is 9.47 Å². The Morgan fingerprint density at radius 2 is 2.03 bits per heavy atom. The zero-order valence-electron chi connectivity index (χ0n) is 18.2. The van der Waals surface area contributed by atoms with Crippen LogP contribution in [0, 0.1) is 5.82 Å². The van der Waals surface area contributed by atoms with E-state index in [1.807, 2.05) is 29.0 Å². The lowest BCUT2D eigenvalue weighted by atomic mass is 10.0. The predicted molar refractivity (Wildman–Crippen MR) is 129 cm³/mol. The van der Waals surface area contributed by atoms with Crippen molar-refractivity contribution in [3.8, 4) is 0 Å². The standard InChI is InChI=1S/C26H23ClFN5/c1-18(11-22-14-29-8-9-30-22)32-10-7-23(24(27)16-32)20-5-6-25-26(13-20)33(17-31-25)15-19-3-2-4-21(28)12-19/h2-9,12-14,16-18H,10-11,15H2,1H3. The maximum absolute atomic E-state index is 13.6. The normalized spacial score (nSPS) is 14.8. The van der Waals surface area contributed by atoms with Crippen molar-refractivity contribution >= 4 is 28.2 Å². The average molecular weight is 460 g/mol. The second kappa shape index (κ2) is 9.16. The lowest BCUT2D eigenvalue weighted by Gasteiger charge is -2.30. The Bertz CT molecular complexity index is 1350. The second-order valence-electron chi connectivity index (χ2n) is 8.25. The molecule has 0 spiro atoms. The number of rotatable bonds is 6. The summed E-state index contributed by atoms with van der Waals surface area (Å²) in [6.07, 6.45) is 12.0. The van der Waals surface area contributed by atoms with Crippen LogP contribution in [0.25, 0.3) is 16.6 Å². The summed E-state index contributed by atoms with van der Waals surface area (Å²) in [5.41, 5.74) is 5.76. The maximum atomic E-state index is 13.6. The average Bonchev–Trinajstić information content (AvgIpc) is 3.21. The molecule has 33 heavy (non-hydrogen) atoms. The van der Waals surface area contributed by atoms with Crippen molar-refractivity contribution in [3.63, 3.8) is 0 Å². The Labute approximate surface area is 196 Å². The van der Waals surface area contributed by atoms with Gasteiger partial charge in [-0.3, -0.25) is 9.97 Å². The van der Waals surface area contributed by atoms with Crippen molar-refractivity contribution in [1.29, 1.82) is 0 Å². The monoisotopic (exact) mass is 459 g/mol. The Hall–Kier alpha value is -3.51. The van der Waals surface area contributed by atoms with Crippen molar-refractivity contribution in [1.82, 2.24) is 24.4 Å². The molecule has 1 unspecified atom stereocenters. The molecule has 0 N–H and O–H groups in total. The van der Waals surface area contributed by atoms with Gasteiger partial charge in [0, 0.05) is 50.3 Å². The molecule has 0 fully saturated rings. The van der Waals surface area contributed by atoms with Crippen LogP contribution in [0.15, 0.2) is 84.7 Å². The van der Waals surface area contributed by atoms with E-state index in [0.717, 1.165) is 46.4 Å². The summed E-state index contributed by atoms with van der Waals surface area (Å²) in [4.78, 5) is 15.2. The fraction of sp³-hybridized carbons (Fsp3) is 0.192. The highest BCUT2D eigenvalue weighted by molar-refractivity contribution is 6.37. The lowest BCUT2D eigenvalue weighted by molar-refractivity contribution is 0.315. The van der Waals surface area contributed by atoms with Crippen LogP contribution in [0.1, 0.15) is 23.7 Å². The smallest absolute Gasteiger partial charge is 0.123 e. The first-order valence-electron chi connectivity index (χ1n) is 10.8. The van der Waals surface area contributed by atoms with E-state index >= 15 is 0 Å². The lowest BCUT2D eigenvalue weighted by Crippen LogP contribution is -2.32. The van der Waals surface area contributed by atoms with Crippen LogP contribution < -0.4 is 0 Å². The minimum absolute atomic E-state index is 0.236. The van der Waals surface area contributed by atoms with E-state index in [4.69, 9.17) is 11.6 Å². The first-order chi connectivity index (χ1) is 16.1. The molecule has 0 amide bonds. The Morgan fingerprint density at radius 3 is 2.82 bits per heavy atom. The first kappa shape index (κ1) is 21.3. The molecule has 1 aliphatic heterocycles. The third kappa shape index (κ3) is 4.66. The molecule has 2 aromatic heterocycles. The van der Waals surface area contributed by atoms with E-state index in [9.17, 15) is 4.39 Å². The summed E-state index contributed by atoms with van der Waals surface area (Å²) >= 11 is 6.73. The molecule has 0 saturated heterocycles. The van der Waals surface area contributed by atoms with Gasteiger partial charge in [-0.05, 0) is 47.9 Å². The topological polar surface area (TPSA) is 46.8 Å². The summed E-state index contributed by atoms with van der Waals surface area (Å²) < 4.78 is 15.6. The van der Waals surface area contributed by atoms with Gasteiger partial charge >= 0.3 is 0 Å². The van der Waals surface area contributed by atoms with E-state index in [-0.39, 0.29) is 11.9 Å². The minimum Gasteiger partial charge on any atom is -0.369 e. The molecule has 0 radical (unpaired) electrons. The fourth-order valence-corrected chi connectivity index (χ4v) is 4.47. The molecule has 0 saturated carbocycles. The molecule has 3 heterocycles. The van der Waals surface area contributed by atoms with Crippen molar-refractivity contribution in [3.05, 3.63) is 107 Å². The van der Waals surface area contributed by atoms with E-state index in [2.05, 4.69) is 38.9 Å². The van der Waals surface area contributed by atoms with Crippen molar-refractivity contribution in [2.75, 3.05) is 6.54 Å². The first-order valence-corrected chi connectivity index (χ1v) is 11.2. The van der Waals surface area contributed by atoms with Crippen molar-refractivity contribution in [2.24, 2.45) is 0 Å². The van der Waals surface area contributed by atoms with E-state index < -0.39 is 0 Å². The molecule has 0 bridgehead atoms. The van der Waals surface area contributed by atoms with Gasteiger partial charge in [0.15, 0.2) is 0 Å². The molecule has 1 aliphatic rings. The van der Waals surface area contributed by atoms with Crippen LogP contribution in [0.4, 0.5) is 4.39 Å². The van der Waals surface area contributed by atoms with Crippen LogP contribution >= 0.6 is 11.6 Å². The largest absolute Gasteiger partial charge is 0.369 e. The number of imidazole rings is 1. The number of hydrogen-bond donors (Lipinski definition) is 0. The maximum Gasteiger partial charge on any atom is 0.123 e. The van der Waals surface area contributed by atoms with Gasteiger partial charge in [0.1, 0.15) is 5.82 Å². The van der Waals surface area contributed by atoms with Gasteiger partial charge in [-0.2, -0.15) is 0 Å². The van der Waals surface area contributed by atoms with Crippen LogP contribution in [-0.4, -0.2) is 37.0 Å². The molecule has 2 aromatic carbocycles. The number of nitrogens with zero attached hydrogens (tertiary/aromatic N) is 5. The van der Waals surface area contributed by atoms with E-state index in [1.165, 1.54) is 6.07 Å². The summed E-state index contributed by atoms with van der Waals surface area (Å²) in [6, 6.07) is 13.0. The number of hydrogen-bond acceptors (Lipinski definition) is 4. The van der Waals surface area contributed by atoms with Gasteiger partial charge in [-0.15, -0.1) is 0 Å². The van der Waals surface area contributed by atoms with Gasteiger partial charge in [0.05, 0.1) is 28.1 Å². The SMILES string of the molecule is CC(Cc1cnccn1)N1C=C(Cl)C(c2ccc3ncn(Cc4cccc(F)c4)c3c2)=CC1. The number of allylic oxidation sites excluding steroid dienone is 2. The van der Waals surface area contributed by atoms with Gasteiger partial charge in [0.2, 0.25) is 0 Å². The third-order valence-corrected chi connectivity index (χ3v) is 6.21. The highest BCUT2D eigenvalue weighted by Crippen LogP contribution is 2.32. The number of halogens is 2. The van der Waals surface area contributed by atoms with Crippen molar-refractivity contribution < 1.29 is 4.39 Å². The highest BCUT2D eigenvalue weighted by Gasteiger charge is 2.19. The van der Waals surface area contributed by atoms with Crippen LogP contribution in [0.3, 0.4) is 0 Å². The van der Waals surface area contributed by atoms with E-state index in [0.29, 0.717) is 11.6 Å². The quantitative estimate of drug-likeness (QED) is 0.386. The fourth-order valence-electron chi connectivity index (χ4n) is 4.16. The van der Waals surface area contributed by atoms with Gasteiger partial charge in [0.25, 0.3) is 0 Å². The summed E-state index contributed by atoms with van der Waals surface area (Å²) in [5.74, 6) is -0.236. The third-order valence-electron chi connectivity index (χ3n) is 5.90. The number of aromatic nitrogens is 4. The zero-order chi connectivity index (χ0) is 22.8. The summed E-state index contributed by atoms with van der Waals surface area (Å²) in [7, 11) is 0. The van der Waals surface area contributed by atoms with Crippen LogP contribution in [0.5, 0.6) is 0 Å². The summed E-state index contributed by atoms with van der Waals surface area (Å²) in [6.45, 7) is 3.47. The minimum atomic E-state index is -0.236. The van der Waals surface area contributed by atoms with E-state index in [1.54, 1.807) is 37.1 Å². The molecule has 0 aliphatic carbocycles. The van der Waals surface area contributed by atoms with Crippen LogP contribution in [0.2, 0.25) is 0 Å². The molecular weight excluding hydrogens is 437 g/mol. The van der Waals surface area contributed by atoms with Gasteiger partial charge in [-0.25, -0.2) is 9.37 Å². The Morgan fingerprint density at radius 1 is 1.12 bits per heavy atom. The van der Waals surface area contributed by atoms with Crippen molar-refractivity contribution in [2.45, 2.75) is 25.9 Å². The molecule has 1 atom stereocenters. The Kier molecular flexibility index (Phi) is 5.92. The van der Waals surface area contributed by atoms with Crippen LogP contribution in [-0.2, 0) is 13.0 Å². The predicted octanol–water partition coefficient (Wildman–Crippen LogP) is 5.42. The molecule has 166 valence electrons. The molecule has 5 rings (SSSR count).